The molecule has 0 aromatic carbocycles. The van der Waals surface area contributed by atoms with E-state index in [-0.39, 0.29) is 0 Å². The van der Waals surface area contributed by atoms with Crippen LogP contribution in [0.3, 0.4) is 0 Å². The molecular formula is C11H22. The molecule has 0 nitrogen and oxygen atoms in total. The van der Waals surface area contributed by atoms with Crippen molar-refractivity contribution in [1.29, 1.82) is 0 Å². The van der Waals surface area contributed by atoms with Gasteiger partial charge in [-0.2, -0.15) is 0 Å². The fourth-order valence-electron chi connectivity index (χ4n) is 0.677. The van der Waals surface area contributed by atoms with E-state index >= 15 is 0 Å². The third-order valence-electron chi connectivity index (χ3n) is 1.41. The van der Waals surface area contributed by atoms with E-state index in [2.05, 4.69) is 19.8 Å². The van der Waals surface area contributed by atoms with Crippen LogP contribution in [-0.4, -0.2) is 0 Å². The Hall–Kier alpha value is -0.440. The second kappa shape index (κ2) is 16.3. The van der Waals surface area contributed by atoms with Crippen molar-refractivity contribution in [1.82, 2.24) is 0 Å². The first-order chi connectivity index (χ1) is 5.33. The average Bonchev–Trinajstić information content (AvgIpc) is 2.06. The van der Waals surface area contributed by atoms with E-state index in [9.17, 15) is 0 Å². The Bertz CT molecular complexity index is 72.5. The second-order valence-electron chi connectivity index (χ2n) is 2.62. The Morgan fingerprint density at radius 2 is 1.27 bits per heavy atom. The summed E-state index contributed by atoms with van der Waals surface area (Å²) in [5, 5.41) is 0. The summed E-state index contributed by atoms with van der Waals surface area (Å²) < 4.78 is 0. The lowest BCUT2D eigenvalue weighted by molar-refractivity contribution is 0.656. The summed E-state index contributed by atoms with van der Waals surface area (Å²) in [4.78, 5) is 0. The molecule has 0 N–H and O–H groups in total. The predicted molar refractivity (Wildman–Crippen MR) is 53.6 cm³/mol. The van der Waals surface area contributed by atoms with Crippen LogP contribution >= 0.6 is 0 Å². The van der Waals surface area contributed by atoms with Gasteiger partial charge < -0.3 is 0 Å². The Morgan fingerprint density at radius 1 is 0.909 bits per heavy atom. The molecule has 11 heavy (non-hydrogen) atoms. The highest BCUT2D eigenvalue weighted by atomic mass is 13.9. The molecule has 0 unspecified atom stereocenters. The molecule has 0 aromatic heterocycles. The summed E-state index contributed by atoms with van der Waals surface area (Å²) >= 11 is 0. The van der Waals surface area contributed by atoms with Crippen LogP contribution in [0.25, 0.3) is 0 Å². The first-order valence-electron chi connectivity index (χ1n) is 4.76. The molecule has 0 heterocycles. The quantitative estimate of drug-likeness (QED) is 0.424. The second-order valence-corrected chi connectivity index (χ2v) is 2.62. The van der Waals surface area contributed by atoms with Crippen LogP contribution < -0.4 is 0 Å². The first-order valence-corrected chi connectivity index (χ1v) is 4.76. The van der Waals surface area contributed by atoms with Gasteiger partial charge in [0.05, 0.1) is 0 Å². The van der Waals surface area contributed by atoms with Crippen LogP contribution in [0.4, 0.5) is 0 Å². The number of unbranched alkanes of at least 4 members (excludes halogenated alkanes) is 4. The maximum Gasteiger partial charge on any atom is 0.00576 e. The zero-order chi connectivity index (χ0) is 8.95. The molecular weight excluding hydrogens is 132 g/mol. The largest absolute Gasteiger partial charge is 0.120 e. The van der Waals surface area contributed by atoms with Gasteiger partial charge in [-0.05, 0) is 0 Å². The first kappa shape index (κ1) is 13.2. The molecule has 66 valence electrons. The molecule has 0 radical (unpaired) electrons. The summed E-state index contributed by atoms with van der Waals surface area (Å²) in [5.74, 6) is 2.43. The Labute approximate surface area is 72.4 Å². The highest BCUT2D eigenvalue weighted by molar-refractivity contribution is 4.80. The Kier molecular flexibility index (Phi) is 19.5. The molecule has 0 aliphatic heterocycles. The Morgan fingerprint density at radius 3 is 1.45 bits per heavy atom. The molecule has 0 heteroatoms. The molecule has 0 aromatic rings. The predicted octanol–water partition coefficient (Wildman–Crippen LogP) is 4.01. The third-order valence-corrected chi connectivity index (χ3v) is 1.41. The van der Waals surface area contributed by atoms with E-state index < -0.39 is 0 Å². The molecule has 0 saturated carbocycles. The third kappa shape index (κ3) is 26.3. The minimum Gasteiger partial charge on any atom is -0.120 e. The molecule has 0 saturated heterocycles. The molecule has 0 atom stereocenters. The Balaban J connectivity index is 0. The topological polar surface area (TPSA) is 0 Å². The zero-order valence-electron chi connectivity index (χ0n) is 8.32. The zero-order valence-corrected chi connectivity index (χ0v) is 8.32. The van der Waals surface area contributed by atoms with Gasteiger partial charge in [0.2, 0.25) is 0 Å². The van der Waals surface area contributed by atoms with Crippen molar-refractivity contribution in [3.8, 4) is 12.3 Å². The smallest absolute Gasteiger partial charge is 0.00576 e. The SMILES string of the molecule is C#CCC.CCCCCCC. The number of hydrogen-bond acceptors (Lipinski definition) is 0. The average molecular weight is 154 g/mol. The van der Waals surface area contributed by atoms with E-state index in [1.807, 2.05) is 6.92 Å². The monoisotopic (exact) mass is 154 g/mol. The lowest BCUT2D eigenvalue weighted by atomic mass is 10.2. The maximum atomic E-state index is 4.78. The lowest BCUT2D eigenvalue weighted by Gasteiger charge is -1.90. The van der Waals surface area contributed by atoms with Crippen LogP contribution in [-0.2, 0) is 0 Å². The van der Waals surface area contributed by atoms with Gasteiger partial charge in [0.25, 0.3) is 0 Å². The van der Waals surface area contributed by atoms with Crippen molar-refractivity contribution in [2.24, 2.45) is 0 Å². The van der Waals surface area contributed by atoms with Crippen LogP contribution in [0.5, 0.6) is 0 Å². The van der Waals surface area contributed by atoms with Crippen molar-refractivity contribution >= 4 is 0 Å². The van der Waals surface area contributed by atoms with E-state index in [1.165, 1.54) is 32.1 Å². The van der Waals surface area contributed by atoms with Gasteiger partial charge in [0, 0.05) is 6.42 Å². The molecule has 0 spiro atoms. The highest BCUT2D eigenvalue weighted by Gasteiger charge is 1.80. The fourth-order valence-corrected chi connectivity index (χ4v) is 0.677. The molecule has 0 fully saturated rings. The van der Waals surface area contributed by atoms with Crippen LogP contribution in [0, 0.1) is 12.3 Å². The van der Waals surface area contributed by atoms with Gasteiger partial charge in [-0.1, -0.05) is 52.9 Å². The summed E-state index contributed by atoms with van der Waals surface area (Å²) in [6, 6.07) is 0. The van der Waals surface area contributed by atoms with Crippen molar-refractivity contribution in [2.75, 3.05) is 0 Å². The van der Waals surface area contributed by atoms with E-state index in [1.54, 1.807) is 0 Å². The summed E-state index contributed by atoms with van der Waals surface area (Å²) in [5.41, 5.74) is 0. The summed E-state index contributed by atoms with van der Waals surface area (Å²) in [6.07, 6.45) is 12.6. The van der Waals surface area contributed by atoms with Crippen molar-refractivity contribution in [3.63, 3.8) is 0 Å². The molecule has 0 aliphatic rings. The van der Waals surface area contributed by atoms with Crippen molar-refractivity contribution in [3.05, 3.63) is 0 Å². The summed E-state index contributed by atoms with van der Waals surface area (Å²) in [7, 11) is 0. The van der Waals surface area contributed by atoms with Gasteiger partial charge in [0.1, 0.15) is 0 Å². The van der Waals surface area contributed by atoms with Crippen LogP contribution in [0.2, 0.25) is 0 Å². The van der Waals surface area contributed by atoms with E-state index in [0.717, 1.165) is 6.42 Å². The number of rotatable bonds is 4. The molecule has 0 bridgehead atoms. The van der Waals surface area contributed by atoms with Gasteiger partial charge in [-0.25, -0.2) is 0 Å². The van der Waals surface area contributed by atoms with Crippen LogP contribution in [0.1, 0.15) is 59.3 Å². The number of hydrogen-bond donors (Lipinski definition) is 0. The van der Waals surface area contributed by atoms with Crippen molar-refractivity contribution < 1.29 is 0 Å². The minimum absolute atomic E-state index is 0.847. The van der Waals surface area contributed by atoms with Gasteiger partial charge in [0.15, 0.2) is 0 Å². The lowest BCUT2D eigenvalue weighted by Crippen LogP contribution is -1.70. The molecule has 0 amide bonds. The number of terminal acetylenes is 1. The normalized spacial score (nSPS) is 7.82. The van der Waals surface area contributed by atoms with Crippen molar-refractivity contribution in [2.45, 2.75) is 59.3 Å². The fraction of sp³-hybridized carbons (Fsp3) is 0.818. The molecule has 0 rings (SSSR count). The van der Waals surface area contributed by atoms with Gasteiger partial charge in [-0.15, -0.1) is 12.3 Å². The van der Waals surface area contributed by atoms with Crippen LogP contribution in [0.15, 0.2) is 0 Å². The van der Waals surface area contributed by atoms with E-state index in [4.69, 9.17) is 6.42 Å². The minimum atomic E-state index is 0.847. The maximum absolute atomic E-state index is 4.78. The standard InChI is InChI=1S/C7H16.C4H6/c1-3-5-7-6-4-2;1-3-4-2/h3-7H2,1-2H3;1H,4H2,2H3. The van der Waals surface area contributed by atoms with Gasteiger partial charge in [-0.3, -0.25) is 0 Å². The van der Waals surface area contributed by atoms with Gasteiger partial charge >= 0.3 is 0 Å². The van der Waals surface area contributed by atoms with E-state index in [0.29, 0.717) is 0 Å². The summed E-state index contributed by atoms with van der Waals surface area (Å²) in [6.45, 7) is 6.44. The highest BCUT2D eigenvalue weighted by Crippen LogP contribution is 2.00. The molecule has 0 aliphatic carbocycles.